The molecule has 1 saturated heterocycles. The maximum atomic E-state index is 12.5. The van der Waals surface area contributed by atoms with Crippen molar-refractivity contribution < 1.29 is 9.59 Å². The smallest absolute Gasteiger partial charge is 0.283 e. The standard InChI is InChI=1S/C16H23N3O2S/c1-6-12(20)19-15(21)11(14(17-19)16(2,3)4)7-8-13-18(5)9-10-22-13/h7-8H,6,9-10H2,1-5H3/b11-7+,13-8+. The van der Waals surface area contributed by atoms with Crippen LogP contribution in [0.5, 0.6) is 0 Å². The van der Waals surface area contributed by atoms with E-state index < -0.39 is 0 Å². The Bertz CT molecular complexity index is 585. The number of nitrogens with zero attached hydrogens (tertiary/aromatic N) is 3. The molecular formula is C16H23N3O2S. The Balaban J connectivity index is 2.38. The molecule has 1 fully saturated rings. The Morgan fingerprint density at radius 3 is 2.55 bits per heavy atom. The molecule has 6 heteroatoms. The monoisotopic (exact) mass is 321 g/mol. The lowest BCUT2D eigenvalue weighted by Crippen LogP contribution is -2.28. The predicted octanol–water partition coefficient (Wildman–Crippen LogP) is 2.61. The molecule has 2 rings (SSSR count). The van der Waals surface area contributed by atoms with Gasteiger partial charge in [-0.05, 0) is 12.2 Å². The van der Waals surface area contributed by atoms with E-state index in [1.54, 1.807) is 24.8 Å². The zero-order valence-corrected chi connectivity index (χ0v) is 14.7. The minimum Gasteiger partial charge on any atom is -0.369 e. The van der Waals surface area contributed by atoms with E-state index in [1.165, 1.54) is 0 Å². The van der Waals surface area contributed by atoms with Crippen LogP contribution in [0, 0.1) is 5.41 Å². The fourth-order valence-corrected chi connectivity index (χ4v) is 3.33. The van der Waals surface area contributed by atoms with Crippen molar-refractivity contribution in [2.45, 2.75) is 34.1 Å². The SMILES string of the molecule is CCC(=O)N1N=C(C(C)(C)C)/C(=C\C=C2\SCCN2C)C1=O. The van der Waals surface area contributed by atoms with Crippen molar-refractivity contribution in [3.05, 3.63) is 22.8 Å². The topological polar surface area (TPSA) is 53.0 Å². The number of thioether (sulfide) groups is 1. The van der Waals surface area contributed by atoms with E-state index in [1.807, 2.05) is 33.9 Å². The molecule has 0 saturated carbocycles. The lowest BCUT2D eigenvalue weighted by atomic mass is 9.85. The zero-order valence-electron chi connectivity index (χ0n) is 13.8. The quantitative estimate of drug-likeness (QED) is 0.734. The van der Waals surface area contributed by atoms with Crippen LogP contribution in [0.15, 0.2) is 27.9 Å². The highest BCUT2D eigenvalue weighted by Crippen LogP contribution is 2.30. The second-order valence-electron chi connectivity index (χ2n) is 6.42. The molecule has 0 aliphatic carbocycles. The Morgan fingerprint density at radius 1 is 1.36 bits per heavy atom. The van der Waals surface area contributed by atoms with Crippen LogP contribution in [0.4, 0.5) is 0 Å². The number of hydrogen-bond acceptors (Lipinski definition) is 5. The Hall–Kier alpha value is -1.56. The summed E-state index contributed by atoms with van der Waals surface area (Å²) in [4.78, 5) is 26.6. The third-order valence-corrected chi connectivity index (χ3v) is 4.70. The first kappa shape index (κ1) is 16.8. The molecule has 0 N–H and O–H groups in total. The highest BCUT2D eigenvalue weighted by atomic mass is 32.2. The molecule has 2 aliphatic rings. The molecule has 22 heavy (non-hydrogen) atoms. The van der Waals surface area contributed by atoms with E-state index >= 15 is 0 Å². The molecule has 0 bridgehead atoms. The van der Waals surface area contributed by atoms with Gasteiger partial charge in [0.25, 0.3) is 5.91 Å². The van der Waals surface area contributed by atoms with E-state index in [4.69, 9.17) is 0 Å². The van der Waals surface area contributed by atoms with Crippen molar-refractivity contribution in [3.8, 4) is 0 Å². The maximum absolute atomic E-state index is 12.5. The summed E-state index contributed by atoms with van der Waals surface area (Å²) in [6.07, 6.45) is 4.02. The lowest BCUT2D eigenvalue weighted by molar-refractivity contribution is -0.141. The van der Waals surface area contributed by atoms with Crippen LogP contribution < -0.4 is 0 Å². The molecule has 120 valence electrons. The van der Waals surface area contributed by atoms with Gasteiger partial charge in [-0.25, -0.2) is 0 Å². The molecule has 2 aliphatic heterocycles. The minimum absolute atomic E-state index is 0.264. The van der Waals surface area contributed by atoms with Crippen molar-refractivity contribution in [3.63, 3.8) is 0 Å². The van der Waals surface area contributed by atoms with Gasteiger partial charge in [0.2, 0.25) is 5.91 Å². The Morgan fingerprint density at radius 2 is 2.05 bits per heavy atom. The lowest BCUT2D eigenvalue weighted by Gasteiger charge is -2.17. The Labute approximate surface area is 136 Å². The van der Waals surface area contributed by atoms with Crippen molar-refractivity contribution in [1.29, 1.82) is 0 Å². The first-order valence-corrected chi connectivity index (χ1v) is 8.47. The van der Waals surface area contributed by atoms with Gasteiger partial charge >= 0.3 is 0 Å². The molecule has 2 heterocycles. The van der Waals surface area contributed by atoms with Gasteiger partial charge in [-0.2, -0.15) is 10.1 Å². The van der Waals surface area contributed by atoms with Crippen molar-refractivity contribution in [2.24, 2.45) is 10.5 Å². The largest absolute Gasteiger partial charge is 0.369 e. The molecule has 0 spiro atoms. The van der Waals surface area contributed by atoms with Crippen molar-refractivity contribution in [2.75, 3.05) is 19.3 Å². The van der Waals surface area contributed by atoms with Crippen LogP contribution >= 0.6 is 11.8 Å². The molecule has 0 aromatic carbocycles. The number of amides is 2. The Kier molecular flexibility index (Phi) is 4.80. The number of carbonyl (C=O) groups excluding carboxylic acids is 2. The summed E-state index contributed by atoms with van der Waals surface area (Å²) in [6, 6.07) is 0. The predicted molar refractivity (Wildman–Crippen MR) is 90.3 cm³/mol. The molecule has 0 aromatic heterocycles. The second kappa shape index (κ2) is 6.28. The summed E-state index contributed by atoms with van der Waals surface area (Å²) >= 11 is 1.77. The third-order valence-electron chi connectivity index (χ3n) is 3.57. The van der Waals surface area contributed by atoms with Gasteiger partial charge in [0, 0.05) is 31.2 Å². The van der Waals surface area contributed by atoms with Gasteiger partial charge < -0.3 is 4.90 Å². The first-order chi connectivity index (χ1) is 10.3. The number of allylic oxidation sites excluding steroid dienone is 2. The van der Waals surface area contributed by atoms with Gasteiger partial charge in [0.05, 0.1) is 16.3 Å². The van der Waals surface area contributed by atoms with Crippen LogP contribution in [-0.4, -0.2) is 46.8 Å². The van der Waals surface area contributed by atoms with Crippen LogP contribution in [0.2, 0.25) is 0 Å². The molecular weight excluding hydrogens is 298 g/mol. The first-order valence-electron chi connectivity index (χ1n) is 7.48. The van der Waals surface area contributed by atoms with Crippen LogP contribution in [-0.2, 0) is 9.59 Å². The van der Waals surface area contributed by atoms with E-state index in [2.05, 4.69) is 10.0 Å². The normalized spacial score (nSPS) is 23.0. The summed E-state index contributed by atoms with van der Waals surface area (Å²) in [5.74, 6) is 0.467. The van der Waals surface area contributed by atoms with Gasteiger partial charge in [0.1, 0.15) is 0 Å². The van der Waals surface area contributed by atoms with Gasteiger partial charge in [-0.1, -0.05) is 27.7 Å². The summed E-state index contributed by atoms with van der Waals surface area (Å²) in [5.41, 5.74) is 0.891. The second-order valence-corrected chi connectivity index (χ2v) is 7.53. The number of carbonyl (C=O) groups is 2. The fraction of sp³-hybridized carbons (Fsp3) is 0.562. The van der Waals surface area contributed by atoms with Crippen LogP contribution in [0.3, 0.4) is 0 Å². The molecule has 0 aromatic rings. The van der Waals surface area contributed by atoms with E-state index in [-0.39, 0.29) is 23.7 Å². The van der Waals surface area contributed by atoms with Crippen LogP contribution in [0.25, 0.3) is 0 Å². The van der Waals surface area contributed by atoms with E-state index in [0.717, 1.165) is 22.3 Å². The van der Waals surface area contributed by atoms with Crippen molar-refractivity contribution in [1.82, 2.24) is 9.91 Å². The molecule has 0 radical (unpaired) electrons. The molecule has 2 amide bonds. The fourth-order valence-electron chi connectivity index (χ4n) is 2.28. The van der Waals surface area contributed by atoms with Gasteiger partial charge in [0.15, 0.2) is 0 Å². The van der Waals surface area contributed by atoms with Gasteiger partial charge in [-0.3, -0.25) is 9.59 Å². The third kappa shape index (κ3) is 3.27. The average molecular weight is 321 g/mol. The van der Waals surface area contributed by atoms with Crippen molar-refractivity contribution >= 4 is 29.3 Å². The number of imide groups is 1. The summed E-state index contributed by atoms with van der Waals surface area (Å²) in [6.45, 7) is 8.73. The minimum atomic E-state index is -0.320. The van der Waals surface area contributed by atoms with E-state index in [9.17, 15) is 9.59 Å². The summed E-state index contributed by atoms with van der Waals surface area (Å²) in [5, 5.41) is 6.43. The number of rotatable bonds is 2. The molecule has 0 atom stereocenters. The highest BCUT2D eigenvalue weighted by Gasteiger charge is 2.38. The van der Waals surface area contributed by atoms with Gasteiger partial charge in [-0.15, -0.1) is 11.8 Å². The zero-order chi connectivity index (χ0) is 16.5. The summed E-state index contributed by atoms with van der Waals surface area (Å²) < 4.78 is 0. The highest BCUT2D eigenvalue weighted by molar-refractivity contribution is 8.03. The summed E-state index contributed by atoms with van der Waals surface area (Å²) in [7, 11) is 2.03. The average Bonchev–Trinajstić information content (AvgIpc) is 2.99. The number of hydrogen-bond donors (Lipinski definition) is 0. The molecule has 5 nitrogen and oxygen atoms in total. The number of hydrazone groups is 1. The molecule has 0 unspecified atom stereocenters. The maximum Gasteiger partial charge on any atom is 0.283 e. The van der Waals surface area contributed by atoms with E-state index in [0.29, 0.717) is 11.3 Å². The van der Waals surface area contributed by atoms with Crippen LogP contribution in [0.1, 0.15) is 34.1 Å².